The number of nitrogen functional groups attached to an aromatic ring is 1. The van der Waals surface area contributed by atoms with Crippen molar-refractivity contribution in [2.24, 2.45) is 5.84 Å². The average molecular weight is 266 g/mol. The molecule has 0 unspecified atom stereocenters. The molecule has 1 amide bonds. The van der Waals surface area contributed by atoms with Crippen LogP contribution in [0, 0.1) is 0 Å². The molecule has 2 rings (SSSR count). The Bertz CT molecular complexity index is 445. The van der Waals surface area contributed by atoms with Crippen LogP contribution in [0.15, 0.2) is 0 Å². The number of nitrogens with zero attached hydrogens (tertiary/aromatic N) is 4. The zero-order valence-corrected chi connectivity index (χ0v) is 10.8. The van der Waals surface area contributed by atoms with E-state index in [0.29, 0.717) is 11.9 Å². The van der Waals surface area contributed by atoms with Gasteiger partial charge in [0.25, 0.3) is 0 Å². The van der Waals surface area contributed by atoms with E-state index in [-0.39, 0.29) is 18.4 Å². The van der Waals surface area contributed by atoms with Crippen LogP contribution in [-0.2, 0) is 4.79 Å². The zero-order chi connectivity index (χ0) is 13.7. The number of likely N-dealkylation sites (N-methyl/N-ethyl adjacent to an activating group) is 1. The lowest BCUT2D eigenvalue weighted by Gasteiger charge is -2.16. The molecule has 1 aromatic rings. The van der Waals surface area contributed by atoms with E-state index in [1.165, 1.54) is 0 Å². The van der Waals surface area contributed by atoms with Crippen molar-refractivity contribution in [3.8, 4) is 0 Å². The molecule has 2 heterocycles. The fraction of sp³-hybridized carbons (Fsp3) is 0.600. The Hall–Kier alpha value is -2.16. The lowest BCUT2D eigenvalue weighted by atomic mass is 10.4. The molecule has 1 saturated heterocycles. The second-order valence-electron chi connectivity index (χ2n) is 4.15. The van der Waals surface area contributed by atoms with Gasteiger partial charge in [0.2, 0.25) is 23.8 Å². The minimum atomic E-state index is -0.148. The average Bonchev–Trinajstić information content (AvgIpc) is 2.98. The van der Waals surface area contributed by atoms with Crippen molar-refractivity contribution >= 4 is 23.8 Å². The Balaban J connectivity index is 2.13. The van der Waals surface area contributed by atoms with Crippen LogP contribution in [0.5, 0.6) is 0 Å². The first-order chi connectivity index (χ1) is 9.22. The predicted molar refractivity (Wildman–Crippen MR) is 71.6 cm³/mol. The smallest absolute Gasteiger partial charge is 0.243 e. The second kappa shape index (κ2) is 6.14. The highest BCUT2D eigenvalue weighted by atomic mass is 16.1. The lowest BCUT2D eigenvalue weighted by molar-refractivity contribution is -0.118. The molecule has 0 saturated carbocycles. The number of rotatable bonds is 5. The van der Waals surface area contributed by atoms with Crippen molar-refractivity contribution in [2.45, 2.75) is 12.8 Å². The molecule has 0 bridgehead atoms. The predicted octanol–water partition coefficient (Wildman–Crippen LogP) is -1.08. The van der Waals surface area contributed by atoms with Crippen molar-refractivity contribution in [3.05, 3.63) is 0 Å². The molecule has 0 atom stereocenters. The van der Waals surface area contributed by atoms with Crippen molar-refractivity contribution in [1.29, 1.82) is 0 Å². The molecule has 104 valence electrons. The van der Waals surface area contributed by atoms with Crippen LogP contribution < -0.4 is 26.8 Å². The van der Waals surface area contributed by atoms with Gasteiger partial charge in [-0.15, -0.1) is 0 Å². The summed E-state index contributed by atoms with van der Waals surface area (Å²) in [5, 5.41) is 5.35. The number of anilines is 3. The Morgan fingerprint density at radius 3 is 2.58 bits per heavy atom. The summed E-state index contributed by atoms with van der Waals surface area (Å²) in [7, 11) is 1.57. The standard InChI is InChI=1S/C10H18N8O/c1-12-7(19)6-13-8-14-9(17-11)16-10(15-8)18-4-2-3-5-18/h2-6,11H2,1H3,(H,12,19)(H2,13,14,15,16,17). The minimum absolute atomic E-state index is 0.101. The van der Waals surface area contributed by atoms with E-state index in [2.05, 4.69) is 35.9 Å². The highest BCUT2D eigenvalue weighted by molar-refractivity contribution is 5.79. The molecule has 9 heteroatoms. The van der Waals surface area contributed by atoms with Gasteiger partial charge < -0.3 is 15.5 Å². The van der Waals surface area contributed by atoms with E-state index in [9.17, 15) is 4.79 Å². The molecule has 1 aromatic heterocycles. The molecule has 0 radical (unpaired) electrons. The van der Waals surface area contributed by atoms with Crippen LogP contribution in [0.1, 0.15) is 12.8 Å². The number of aromatic nitrogens is 3. The number of nitrogens with two attached hydrogens (primary N) is 1. The van der Waals surface area contributed by atoms with Gasteiger partial charge in [0, 0.05) is 20.1 Å². The summed E-state index contributed by atoms with van der Waals surface area (Å²) < 4.78 is 0. The largest absolute Gasteiger partial charge is 0.358 e. The van der Waals surface area contributed by atoms with Crippen molar-refractivity contribution < 1.29 is 4.79 Å². The maximum Gasteiger partial charge on any atom is 0.243 e. The van der Waals surface area contributed by atoms with E-state index in [1.807, 2.05) is 0 Å². The first-order valence-electron chi connectivity index (χ1n) is 6.15. The third-order valence-corrected chi connectivity index (χ3v) is 2.83. The van der Waals surface area contributed by atoms with Crippen LogP contribution in [0.25, 0.3) is 0 Å². The molecule has 19 heavy (non-hydrogen) atoms. The quantitative estimate of drug-likeness (QED) is 0.392. The molecular formula is C10H18N8O. The van der Waals surface area contributed by atoms with E-state index >= 15 is 0 Å². The highest BCUT2D eigenvalue weighted by Gasteiger charge is 2.17. The molecule has 0 spiro atoms. The van der Waals surface area contributed by atoms with Gasteiger partial charge in [-0.1, -0.05) is 0 Å². The molecule has 9 nitrogen and oxygen atoms in total. The van der Waals surface area contributed by atoms with Gasteiger partial charge in [-0.25, -0.2) is 5.84 Å². The fourth-order valence-electron chi connectivity index (χ4n) is 1.81. The number of carbonyl (C=O) groups excluding carboxylic acids is 1. The van der Waals surface area contributed by atoms with Gasteiger partial charge in [-0.2, -0.15) is 15.0 Å². The van der Waals surface area contributed by atoms with E-state index in [0.717, 1.165) is 25.9 Å². The summed E-state index contributed by atoms with van der Waals surface area (Å²) in [6.45, 7) is 1.94. The summed E-state index contributed by atoms with van der Waals surface area (Å²) in [4.78, 5) is 25.8. The van der Waals surface area contributed by atoms with Gasteiger partial charge >= 0.3 is 0 Å². The van der Waals surface area contributed by atoms with Crippen LogP contribution in [-0.4, -0.2) is 47.5 Å². The molecule has 1 fully saturated rings. The van der Waals surface area contributed by atoms with E-state index in [1.54, 1.807) is 7.05 Å². The molecule has 1 aliphatic heterocycles. The number of carbonyl (C=O) groups is 1. The second-order valence-corrected chi connectivity index (χ2v) is 4.15. The number of hydrogen-bond donors (Lipinski definition) is 4. The van der Waals surface area contributed by atoms with Crippen LogP contribution in [0.2, 0.25) is 0 Å². The van der Waals surface area contributed by atoms with Crippen LogP contribution in [0.4, 0.5) is 17.8 Å². The maximum atomic E-state index is 11.2. The monoisotopic (exact) mass is 266 g/mol. The van der Waals surface area contributed by atoms with Crippen molar-refractivity contribution in [3.63, 3.8) is 0 Å². The maximum absolute atomic E-state index is 11.2. The van der Waals surface area contributed by atoms with Gasteiger partial charge in [0.05, 0.1) is 6.54 Å². The Morgan fingerprint density at radius 1 is 1.26 bits per heavy atom. The van der Waals surface area contributed by atoms with E-state index in [4.69, 9.17) is 5.84 Å². The molecule has 0 aliphatic carbocycles. The zero-order valence-electron chi connectivity index (χ0n) is 10.8. The minimum Gasteiger partial charge on any atom is -0.358 e. The summed E-state index contributed by atoms with van der Waals surface area (Å²) >= 11 is 0. The molecule has 5 N–H and O–H groups in total. The summed E-state index contributed by atoms with van der Waals surface area (Å²) in [5.74, 6) is 6.36. The van der Waals surface area contributed by atoms with Gasteiger partial charge in [0.15, 0.2) is 0 Å². The number of hydrazine groups is 1. The van der Waals surface area contributed by atoms with Crippen LogP contribution in [0.3, 0.4) is 0 Å². The number of nitrogens with one attached hydrogen (secondary N) is 3. The highest BCUT2D eigenvalue weighted by Crippen LogP contribution is 2.18. The first kappa shape index (κ1) is 13.3. The number of amides is 1. The Kier molecular flexibility index (Phi) is 4.29. The summed E-state index contributed by atoms with van der Waals surface area (Å²) in [5.41, 5.74) is 2.40. The topological polar surface area (TPSA) is 121 Å². The third kappa shape index (κ3) is 3.41. The first-order valence-corrected chi connectivity index (χ1v) is 6.15. The summed E-state index contributed by atoms with van der Waals surface area (Å²) in [6, 6.07) is 0. The SMILES string of the molecule is CNC(=O)CNc1nc(NN)nc(N2CCCC2)n1. The molecular weight excluding hydrogens is 248 g/mol. The third-order valence-electron chi connectivity index (χ3n) is 2.83. The lowest BCUT2D eigenvalue weighted by Crippen LogP contribution is -2.28. The van der Waals surface area contributed by atoms with E-state index < -0.39 is 0 Å². The Labute approximate surface area is 111 Å². The Morgan fingerprint density at radius 2 is 1.95 bits per heavy atom. The van der Waals surface area contributed by atoms with Gasteiger partial charge in [0.1, 0.15) is 0 Å². The molecule has 0 aromatic carbocycles. The van der Waals surface area contributed by atoms with Gasteiger partial charge in [-0.05, 0) is 12.8 Å². The fourth-order valence-corrected chi connectivity index (χ4v) is 1.81. The number of hydrogen-bond acceptors (Lipinski definition) is 8. The summed E-state index contributed by atoms with van der Waals surface area (Å²) in [6.07, 6.45) is 2.25. The molecule has 1 aliphatic rings. The van der Waals surface area contributed by atoms with Crippen LogP contribution >= 0.6 is 0 Å². The van der Waals surface area contributed by atoms with Gasteiger partial charge in [-0.3, -0.25) is 10.2 Å². The van der Waals surface area contributed by atoms with Crippen molar-refractivity contribution in [2.75, 3.05) is 42.3 Å². The normalized spacial score (nSPS) is 14.3. The van der Waals surface area contributed by atoms with Crippen molar-refractivity contribution in [1.82, 2.24) is 20.3 Å².